The van der Waals surface area contributed by atoms with Gasteiger partial charge in [-0.15, -0.1) is 0 Å². The zero-order valence-electron chi connectivity index (χ0n) is 27.3. The molecule has 0 radical (unpaired) electrons. The molecule has 9 nitrogen and oxygen atoms in total. The minimum absolute atomic E-state index is 0.0389. The number of rotatable bonds is 11. The molecule has 11 heteroatoms. The Morgan fingerprint density at radius 1 is 0.977 bits per heavy atom. The number of aromatic nitrogens is 2. The molecule has 2 N–H and O–H groups in total. The van der Waals surface area contributed by atoms with E-state index >= 15 is 0 Å². The third-order valence-corrected chi connectivity index (χ3v) is 10.9. The molecule has 0 saturated heterocycles. The van der Waals surface area contributed by atoms with E-state index in [0.29, 0.717) is 35.5 Å². The van der Waals surface area contributed by atoms with Crippen molar-refractivity contribution in [1.82, 2.24) is 19.8 Å². The Balaban J connectivity index is 1.67. The first-order valence-corrected chi connectivity index (χ1v) is 17.1. The number of hydrogen-bond acceptors (Lipinski definition) is 9. The molecular formula is C33H47ClN6O3S. The summed E-state index contributed by atoms with van der Waals surface area (Å²) in [5.41, 5.74) is 3.61. The lowest BCUT2D eigenvalue weighted by Gasteiger charge is -2.42. The van der Waals surface area contributed by atoms with Gasteiger partial charge in [0.25, 0.3) is 0 Å². The van der Waals surface area contributed by atoms with E-state index in [1.54, 1.807) is 38.1 Å². The largest absolute Gasteiger partial charge is 0.489 e. The van der Waals surface area contributed by atoms with Crippen LogP contribution in [0, 0.1) is 6.92 Å². The standard InChI is InChI=1S/C33H47ClN6O3S/c1-20(2)43-30-18-25(24-15-14-23(39(6)7)17-29(24)40(8)9)22(5)16-28(30)37-33-35-19-26(34)32(38-33)36-27-12-10-11-13-31(27)44(41,42)21(3)4/h10-13,16,18-21,23-24,29H,14-15,17H2,1-9H3,(H2,35,36,37,38)/t23-,24-,29+/m1/s1. The fraction of sp³-hybridized carbons (Fsp3) is 0.515. The lowest BCUT2D eigenvalue weighted by molar-refractivity contribution is 0.126. The Bertz CT molecular complexity index is 1560. The van der Waals surface area contributed by atoms with E-state index in [4.69, 9.17) is 16.3 Å². The highest BCUT2D eigenvalue weighted by molar-refractivity contribution is 7.92. The fourth-order valence-electron chi connectivity index (χ4n) is 5.92. The first kappa shape index (κ1) is 34.0. The predicted octanol–water partition coefficient (Wildman–Crippen LogP) is 7.02. The number of hydrogen-bond donors (Lipinski definition) is 2. The number of para-hydroxylation sites is 1. The van der Waals surface area contributed by atoms with Crippen molar-refractivity contribution in [2.45, 2.75) is 88.1 Å². The highest BCUT2D eigenvalue weighted by atomic mass is 35.5. The molecule has 1 heterocycles. The van der Waals surface area contributed by atoms with E-state index in [-0.39, 0.29) is 16.0 Å². The molecule has 3 atom stereocenters. The quantitative estimate of drug-likeness (QED) is 0.228. The molecule has 0 bridgehead atoms. The van der Waals surface area contributed by atoms with Crippen LogP contribution in [0.25, 0.3) is 0 Å². The van der Waals surface area contributed by atoms with Gasteiger partial charge in [0.15, 0.2) is 15.7 Å². The van der Waals surface area contributed by atoms with Gasteiger partial charge in [0, 0.05) is 12.1 Å². The molecule has 0 unspecified atom stereocenters. The molecule has 1 fully saturated rings. The Labute approximate surface area is 268 Å². The van der Waals surface area contributed by atoms with Crippen LogP contribution in [0.2, 0.25) is 5.02 Å². The number of nitrogens with one attached hydrogen (secondary N) is 2. The number of likely N-dealkylation sites (N-methyl/N-ethyl adjacent to an activating group) is 1. The number of benzene rings is 2. The van der Waals surface area contributed by atoms with Crippen LogP contribution in [-0.2, 0) is 9.84 Å². The summed E-state index contributed by atoms with van der Waals surface area (Å²) in [5, 5.41) is 6.15. The Kier molecular flexibility index (Phi) is 10.8. The summed E-state index contributed by atoms with van der Waals surface area (Å²) in [4.78, 5) is 13.9. The Morgan fingerprint density at radius 3 is 2.32 bits per heavy atom. The number of nitrogens with zero attached hydrogens (tertiary/aromatic N) is 4. The summed E-state index contributed by atoms with van der Waals surface area (Å²) >= 11 is 6.48. The van der Waals surface area contributed by atoms with E-state index in [0.717, 1.165) is 30.7 Å². The van der Waals surface area contributed by atoms with Crippen molar-refractivity contribution in [1.29, 1.82) is 0 Å². The number of sulfone groups is 1. The average Bonchev–Trinajstić information content (AvgIpc) is 2.95. The topological polar surface area (TPSA) is 99.7 Å². The second-order valence-electron chi connectivity index (χ2n) is 12.7. The summed E-state index contributed by atoms with van der Waals surface area (Å²) in [7, 11) is 5.15. The molecule has 1 saturated carbocycles. The summed E-state index contributed by atoms with van der Waals surface area (Å²) in [5.74, 6) is 1.71. The smallest absolute Gasteiger partial charge is 0.229 e. The molecule has 0 amide bonds. The number of halogens is 1. The summed E-state index contributed by atoms with van der Waals surface area (Å²) < 4.78 is 32.3. The highest BCUT2D eigenvalue weighted by Crippen LogP contribution is 2.42. The first-order valence-electron chi connectivity index (χ1n) is 15.2. The van der Waals surface area contributed by atoms with Crippen LogP contribution in [0.15, 0.2) is 47.5 Å². The van der Waals surface area contributed by atoms with Crippen molar-refractivity contribution in [3.8, 4) is 5.75 Å². The van der Waals surface area contributed by atoms with Crippen molar-refractivity contribution in [2.75, 3.05) is 38.8 Å². The monoisotopic (exact) mass is 642 g/mol. The minimum Gasteiger partial charge on any atom is -0.489 e. The van der Waals surface area contributed by atoms with Crippen LogP contribution >= 0.6 is 11.6 Å². The second-order valence-corrected chi connectivity index (χ2v) is 15.5. The first-order chi connectivity index (χ1) is 20.7. The van der Waals surface area contributed by atoms with Gasteiger partial charge < -0.3 is 25.2 Å². The molecule has 240 valence electrons. The minimum atomic E-state index is -3.54. The van der Waals surface area contributed by atoms with Gasteiger partial charge >= 0.3 is 0 Å². The lowest BCUT2D eigenvalue weighted by atomic mass is 9.75. The van der Waals surface area contributed by atoms with Crippen LogP contribution in [-0.4, -0.2) is 79.8 Å². The van der Waals surface area contributed by atoms with E-state index in [9.17, 15) is 8.42 Å². The average molecular weight is 643 g/mol. The number of anilines is 4. The molecule has 2 aromatic carbocycles. The van der Waals surface area contributed by atoms with Gasteiger partial charge in [0.2, 0.25) is 5.95 Å². The van der Waals surface area contributed by atoms with Crippen LogP contribution in [0.3, 0.4) is 0 Å². The lowest BCUT2D eigenvalue weighted by Crippen LogP contribution is -2.45. The SMILES string of the molecule is Cc1cc(Nc2ncc(Cl)c(Nc3ccccc3S(=O)(=O)C(C)C)n2)c(OC(C)C)cc1[C@H]1CC[C@@H](N(C)C)C[C@@H]1N(C)C. The van der Waals surface area contributed by atoms with Gasteiger partial charge in [-0.05, 0) is 123 Å². The maximum absolute atomic E-state index is 13.0. The summed E-state index contributed by atoms with van der Waals surface area (Å²) in [6.07, 6.45) is 4.82. The van der Waals surface area contributed by atoms with Gasteiger partial charge in [-0.1, -0.05) is 23.7 Å². The molecular weight excluding hydrogens is 596 g/mol. The number of aryl methyl sites for hydroxylation is 1. The summed E-state index contributed by atoms with van der Waals surface area (Å²) in [6.45, 7) is 9.48. The van der Waals surface area contributed by atoms with Gasteiger partial charge in [-0.25, -0.2) is 13.4 Å². The predicted molar refractivity (Wildman–Crippen MR) is 181 cm³/mol. The van der Waals surface area contributed by atoms with Crippen LogP contribution < -0.4 is 15.4 Å². The van der Waals surface area contributed by atoms with Crippen molar-refractivity contribution in [2.24, 2.45) is 0 Å². The molecule has 1 aromatic heterocycles. The molecule has 0 spiro atoms. The van der Waals surface area contributed by atoms with E-state index in [2.05, 4.69) is 77.6 Å². The van der Waals surface area contributed by atoms with Crippen molar-refractivity contribution >= 4 is 44.6 Å². The zero-order chi connectivity index (χ0) is 32.3. The molecule has 0 aliphatic heterocycles. The van der Waals surface area contributed by atoms with Crippen molar-refractivity contribution in [3.63, 3.8) is 0 Å². The number of ether oxygens (including phenoxy) is 1. The summed E-state index contributed by atoms with van der Waals surface area (Å²) in [6, 6.07) is 12.0. The van der Waals surface area contributed by atoms with Crippen LogP contribution in [0.4, 0.5) is 23.1 Å². The van der Waals surface area contributed by atoms with Crippen molar-refractivity contribution in [3.05, 3.63) is 58.7 Å². The van der Waals surface area contributed by atoms with E-state index < -0.39 is 15.1 Å². The van der Waals surface area contributed by atoms with Crippen LogP contribution in [0.1, 0.15) is 64.0 Å². The third kappa shape index (κ3) is 7.65. The highest BCUT2D eigenvalue weighted by Gasteiger charge is 2.35. The van der Waals surface area contributed by atoms with E-state index in [1.807, 2.05) is 13.8 Å². The molecule has 1 aliphatic carbocycles. The zero-order valence-corrected chi connectivity index (χ0v) is 28.9. The Morgan fingerprint density at radius 2 is 1.68 bits per heavy atom. The van der Waals surface area contributed by atoms with E-state index in [1.165, 1.54) is 17.3 Å². The Hall–Kier alpha value is -2.92. The molecule has 4 rings (SSSR count). The van der Waals surface area contributed by atoms with Gasteiger partial charge in [0.05, 0.1) is 33.8 Å². The second kappa shape index (κ2) is 14.0. The third-order valence-electron chi connectivity index (χ3n) is 8.37. The van der Waals surface area contributed by atoms with Gasteiger partial charge in [-0.3, -0.25) is 0 Å². The van der Waals surface area contributed by atoms with Crippen molar-refractivity contribution < 1.29 is 13.2 Å². The molecule has 1 aliphatic rings. The molecule has 3 aromatic rings. The normalized spacial score (nSPS) is 19.2. The van der Waals surface area contributed by atoms with Gasteiger partial charge in [0.1, 0.15) is 10.8 Å². The maximum atomic E-state index is 13.0. The van der Waals surface area contributed by atoms with Crippen LogP contribution in [0.5, 0.6) is 5.75 Å². The molecule has 44 heavy (non-hydrogen) atoms. The van der Waals surface area contributed by atoms with Gasteiger partial charge in [-0.2, -0.15) is 4.98 Å². The maximum Gasteiger partial charge on any atom is 0.229 e. The fourth-order valence-corrected chi connectivity index (χ4v) is 7.26.